The first kappa shape index (κ1) is 13.6. The van der Waals surface area contributed by atoms with Gasteiger partial charge < -0.3 is 10.6 Å². The molecule has 0 saturated carbocycles. The second-order valence-electron chi connectivity index (χ2n) is 5.20. The number of nitrogens with one attached hydrogen (secondary N) is 2. The Hall–Kier alpha value is -2.36. The number of hydrogen-bond acceptors (Lipinski definition) is 2. The minimum atomic E-state index is -0.431. The largest absolute Gasteiger partial charge is 0.385 e. The van der Waals surface area contributed by atoms with Crippen LogP contribution >= 0.6 is 0 Å². The molecule has 3 nitrogen and oxygen atoms in total. The predicted molar refractivity (Wildman–Crippen MR) is 82.4 cm³/mol. The Balaban J connectivity index is 1.85. The molecule has 0 radical (unpaired) electrons. The van der Waals surface area contributed by atoms with E-state index in [0.29, 0.717) is 5.56 Å². The Labute approximate surface area is 123 Å². The first-order valence-corrected chi connectivity index (χ1v) is 7.08. The summed E-state index contributed by atoms with van der Waals surface area (Å²) in [6.07, 6.45) is 3.33. The van der Waals surface area contributed by atoms with Gasteiger partial charge in [-0.05, 0) is 54.7 Å². The molecule has 2 N–H and O–H groups in total. The molecule has 108 valence electrons. The van der Waals surface area contributed by atoms with Gasteiger partial charge in [-0.1, -0.05) is 12.1 Å². The molecule has 1 amide bonds. The van der Waals surface area contributed by atoms with E-state index in [4.69, 9.17) is 0 Å². The first-order chi connectivity index (χ1) is 10.2. The minimum absolute atomic E-state index is 0.219. The number of para-hydroxylation sites is 1. The third-order valence-corrected chi connectivity index (χ3v) is 3.86. The van der Waals surface area contributed by atoms with E-state index >= 15 is 0 Å². The lowest BCUT2D eigenvalue weighted by Crippen LogP contribution is -2.15. The molecule has 0 aliphatic heterocycles. The van der Waals surface area contributed by atoms with Gasteiger partial charge in [-0.2, -0.15) is 0 Å². The van der Waals surface area contributed by atoms with Crippen LogP contribution in [0.5, 0.6) is 0 Å². The molecule has 21 heavy (non-hydrogen) atoms. The minimum Gasteiger partial charge on any atom is -0.385 e. The molecule has 1 aliphatic rings. The molecule has 2 aromatic carbocycles. The highest BCUT2D eigenvalue weighted by Crippen LogP contribution is 2.26. The number of amides is 1. The third kappa shape index (κ3) is 2.61. The molecule has 3 rings (SSSR count). The second kappa shape index (κ2) is 5.56. The van der Waals surface area contributed by atoms with Gasteiger partial charge >= 0.3 is 0 Å². The zero-order valence-corrected chi connectivity index (χ0v) is 11.9. The molecule has 0 aromatic heterocycles. The lowest BCUT2D eigenvalue weighted by atomic mass is 10.1. The van der Waals surface area contributed by atoms with Crippen LogP contribution in [0.4, 0.5) is 15.8 Å². The Morgan fingerprint density at radius 2 is 1.95 bits per heavy atom. The van der Waals surface area contributed by atoms with Crippen LogP contribution in [0.2, 0.25) is 0 Å². The fraction of sp³-hybridized carbons (Fsp3) is 0.235. The number of hydrogen-bond donors (Lipinski definition) is 2. The van der Waals surface area contributed by atoms with Crippen LogP contribution in [0.3, 0.4) is 0 Å². The summed E-state index contributed by atoms with van der Waals surface area (Å²) in [6, 6.07) is 10.4. The van der Waals surface area contributed by atoms with Crippen molar-refractivity contribution in [1.29, 1.82) is 0 Å². The van der Waals surface area contributed by atoms with E-state index in [2.05, 4.69) is 16.7 Å². The van der Waals surface area contributed by atoms with Gasteiger partial charge in [0.15, 0.2) is 0 Å². The van der Waals surface area contributed by atoms with Crippen molar-refractivity contribution in [3.05, 3.63) is 58.9 Å². The summed E-state index contributed by atoms with van der Waals surface area (Å²) in [5.41, 5.74) is 3.93. The first-order valence-electron chi connectivity index (χ1n) is 7.08. The fourth-order valence-electron chi connectivity index (χ4n) is 2.82. The number of anilines is 2. The SMILES string of the molecule is CNc1c(F)cccc1C(=O)Nc1ccc2c(c1)CCC2. The summed E-state index contributed by atoms with van der Waals surface area (Å²) in [7, 11) is 1.60. The van der Waals surface area contributed by atoms with Gasteiger partial charge in [0.2, 0.25) is 0 Å². The lowest BCUT2D eigenvalue weighted by molar-refractivity contribution is 0.102. The fourth-order valence-corrected chi connectivity index (χ4v) is 2.82. The summed E-state index contributed by atoms with van der Waals surface area (Å²) < 4.78 is 13.7. The normalized spacial score (nSPS) is 12.9. The van der Waals surface area contributed by atoms with E-state index in [1.165, 1.54) is 29.7 Å². The van der Waals surface area contributed by atoms with Crippen LogP contribution in [-0.4, -0.2) is 13.0 Å². The van der Waals surface area contributed by atoms with Crippen LogP contribution in [0.15, 0.2) is 36.4 Å². The van der Waals surface area contributed by atoms with Gasteiger partial charge in [-0.25, -0.2) is 4.39 Å². The van der Waals surface area contributed by atoms with E-state index in [9.17, 15) is 9.18 Å². The maximum Gasteiger partial charge on any atom is 0.257 e. The van der Waals surface area contributed by atoms with E-state index in [-0.39, 0.29) is 11.6 Å². The quantitative estimate of drug-likeness (QED) is 0.904. The molecule has 0 heterocycles. The van der Waals surface area contributed by atoms with Crippen molar-refractivity contribution in [1.82, 2.24) is 0 Å². The number of benzene rings is 2. The van der Waals surface area contributed by atoms with Crippen molar-refractivity contribution in [2.45, 2.75) is 19.3 Å². The predicted octanol–water partition coefficient (Wildman–Crippen LogP) is 3.61. The maximum absolute atomic E-state index is 13.7. The van der Waals surface area contributed by atoms with E-state index < -0.39 is 5.82 Å². The molecule has 0 fully saturated rings. The molecule has 2 aromatic rings. The van der Waals surface area contributed by atoms with Gasteiger partial charge in [-0.15, -0.1) is 0 Å². The van der Waals surface area contributed by atoms with Crippen molar-refractivity contribution in [3.63, 3.8) is 0 Å². The monoisotopic (exact) mass is 284 g/mol. The number of rotatable bonds is 3. The van der Waals surface area contributed by atoms with Crippen molar-refractivity contribution in [3.8, 4) is 0 Å². The number of aryl methyl sites for hydroxylation is 2. The zero-order chi connectivity index (χ0) is 14.8. The van der Waals surface area contributed by atoms with Crippen molar-refractivity contribution >= 4 is 17.3 Å². The molecule has 0 saturated heterocycles. The van der Waals surface area contributed by atoms with Gasteiger partial charge in [0.05, 0.1) is 11.3 Å². The summed E-state index contributed by atoms with van der Waals surface area (Å²) in [4.78, 5) is 12.3. The summed E-state index contributed by atoms with van der Waals surface area (Å²) in [6.45, 7) is 0. The van der Waals surface area contributed by atoms with Crippen molar-refractivity contribution in [2.24, 2.45) is 0 Å². The molecule has 0 spiro atoms. The smallest absolute Gasteiger partial charge is 0.257 e. The molecule has 1 aliphatic carbocycles. The lowest BCUT2D eigenvalue weighted by Gasteiger charge is -2.11. The van der Waals surface area contributed by atoms with Crippen LogP contribution in [0, 0.1) is 5.82 Å². The van der Waals surface area contributed by atoms with Crippen LogP contribution in [0.25, 0.3) is 0 Å². The standard InChI is InChI=1S/C17H17FN2O/c1-19-16-14(6-3-7-15(16)18)17(21)20-13-9-8-11-4-2-5-12(11)10-13/h3,6-10,19H,2,4-5H2,1H3,(H,20,21). The van der Waals surface area contributed by atoms with Gasteiger partial charge in [0.1, 0.15) is 5.82 Å². The van der Waals surface area contributed by atoms with E-state index in [1.54, 1.807) is 13.1 Å². The highest BCUT2D eigenvalue weighted by molar-refractivity contribution is 6.08. The molecule has 4 heteroatoms. The Bertz CT molecular complexity index is 697. The van der Waals surface area contributed by atoms with E-state index in [0.717, 1.165) is 18.5 Å². The van der Waals surface area contributed by atoms with Crippen LogP contribution < -0.4 is 10.6 Å². The number of carbonyl (C=O) groups is 1. The average Bonchev–Trinajstić information content (AvgIpc) is 2.94. The van der Waals surface area contributed by atoms with Gasteiger partial charge in [-0.3, -0.25) is 4.79 Å². The maximum atomic E-state index is 13.7. The van der Waals surface area contributed by atoms with E-state index in [1.807, 2.05) is 12.1 Å². The topological polar surface area (TPSA) is 41.1 Å². The molecule has 0 atom stereocenters. The van der Waals surface area contributed by atoms with Crippen LogP contribution in [0.1, 0.15) is 27.9 Å². The number of halogens is 1. The summed E-state index contributed by atoms with van der Waals surface area (Å²) in [5.74, 6) is -0.740. The molecule has 0 unspecified atom stereocenters. The van der Waals surface area contributed by atoms with Crippen molar-refractivity contribution in [2.75, 3.05) is 17.7 Å². The highest BCUT2D eigenvalue weighted by atomic mass is 19.1. The Morgan fingerprint density at radius 3 is 2.76 bits per heavy atom. The average molecular weight is 284 g/mol. The highest BCUT2D eigenvalue weighted by Gasteiger charge is 2.16. The van der Waals surface area contributed by atoms with Crippen LogP contribution in [-0.2, 0) is 12.8 Å². The second-order valence-corrected chi connectivity index (χ2v) is 5.20. The summed E-state index contributed by atoms with van der Waals surface area (Å²) in [5, 5.41) is 5.58. The van der Waals surface area contributed by atoms with Gasteiger partial charge in [0, 0.05) is 12.7 Å². The molecule has 0 bridgehead atoms. The number of fused-ring (bicyclic) bond motifs is 1. The summed E-state index contributed by atoms with van der Waals surface area (Å²) >= 11 is 0. The Kier molecular flexibility index (Phi) is 3.60. The third-order valence-electron chi connectivity index (χ3n) is 3.86. The Morgan fingerprint density at radius 1 is 1.14 bits per heavy atom. The molecular formula is C17H17FN2O. The number of carbonyl (C=O) groups excluding carboxylic acids is 1. The van der Waals surface area contributed by atoms with Gasteiger partial charge in [0.25, 0.3) is 5.91 Å². The molecular weight excluding hydrogens is 267 g/mol. The van der Waals surface area contributed by atoms with Crippen molar-refractivity contribution < 1.29 is 9.18 Å². The zero-order valence-electron chi connectivity index (χ0n) is 11.9.